The number of aliphatic hydroxyl groups is 1. The zero-order valence-electron chi connectivity index (χ0n) is 11.8. The number of carbonyl (C=O) groups is 4. The van der Waals surface area contributed by atoms with Gasteiger partial charge in [0, 0.05) is 0 Å². The number of nitrogens with two attached hydrogens (primary N) is 1. The van der Waals surface area contributed by atoms with Crippen molar-refractivity contribution in [1.82, 2.24) is 16.0 Å². The second-order valence-corrected chi connectivity index (χ2v) is 4.40. The van der Waals surface area contributed by atoms with Gasteiger partial charge in [0.1, 0.15) is 12.6 Å². The Morgan fingerprint density at radius 1 is 1.05 bits per heavy atom. The fourth-order valence-electron chi connectivity index (χ4n) is 1.20. The number of carbonyl (C=O) groups excluding carboxylic acids is 3. The van der Waals surface area contributed by atoms with Crippen molar-refractivity contribution in [2.24, 2.45) is 5.73 Å². The van der Waals surface area contributed by atoms with Gasteiger partial charge in [-0.2, -0.15) is 0 Å². The third-order valence-electron chi connectivity index (χ3n) is 2.34. The number of aliphatic hydroxyl groups excluding tert-OH is 1. The summed E-state index contributed by atoms with van der Waals surface area (Å²) in [7, 11) is 0. The molecule has 3 unspecified atom stereocenters. The molecule has 0 bridgehead atoms. The summed E-state index contributed by atoms with van der Waals surface area (Å²) in [5.41, 5.74) is 5.33. The minimum atomic E-state index is -1.27. The molecular formula is C11H20N4O6. The molecule has 0 aliphatic heterocycles. The molecule has 3 atom stereocenters. The van der Waals surface area contributed by atoms with Crippen LogP contribution in [0, 0.1) is 0 Å². The molecule has 3 amide bonds. The van der Waals surface area contributed by atoms with Gasteiger partial charge in [0.05, 0.1) is 18.7 Å². The topological polar surface area (TPSA) is 171 Å². The summed E-state index contributed by atoms with van der Waals surface area (Å²) >= 11 is 0. The van der Waals surface area contributed by atoms with Gasteiger partial charge in [0.15, 0.2) is 0 Å². The summed E-state index contributed by atoms with van der Waals surface area (Å²) in [5.74, 6) is -3.36. The van der Waals surface area contributed by atoms with Gasteiger partial charge >= 0.3 is 5.97 Å². The number of hydrogen-bond acceptors (Lipinski definition) is 6. The quantitative estimate of drug-likeness (QED) is 0.270. The van der Waals surface area contributed by atoms with E-state index < -0.39 is 55.0 Å². The van der Waals surface area contributed by atoms with Gasteiger partial charge in [-0.1, -0.05) is 0 Å². The molecule has 0 aliphatic carbocycles. The van der Waals surface area contributed by atoms with E-state index >= 15 is 0 Å². The lowest BCUT2D eigenvalue weighted by atomic mass is 10.1. The Hall–Kier alpha value is -2.20. The summed E-state index contributed by atoms with van der Waals surface area (Å²) in [6.07, 6.45) is -1.20. The van der Waals surface area contributed by atoms with Crippen LogP contribution in [-0.2, 0) is 19.2 Å². The molecule has 0 aromatic heterocycles. The summed E-state index contributed by atoms with van der Waals surface area (Å²) in [5, 5.41) is 24.3. The zero-order chi connectivity index (χ0) is 16.6. The van der Waals surface area contributed by atoms with Gasteiger partial charge in [-0.15, -0.1) is 0 Å². The standard InChI is InChI=1S/C11H20N4O6/c1-5(12)10(20)15-9(6(2)16)11(21)14-3-7(17)13-4-8(18)19/h5-6,9,16H,3-4,12H2,1-2H3,(H,13,17)(H,14,21)(H,15,20)(H,18,19). The van der Waals surface area contributed by atoms with E-state index in [1.54, 1.807) is 0 Å². The van der Waals surface area contributed by atoms with Crippen molar-refractivity contribution in [3.63, 3.8) is 0 Å². The Bertz CT molecular complexity index is 410. The van der Waals surface area contributed by atoms with E-state index in [0.717, 1.165) is 0 Å². The molecule has 0 aliphatic rings. The predicted octanol–water partition coefficient (Wildman–Crippen LogP) is -3.48. The lowest BCUT2D eigenvalue weighted by Crippen LogP contribution is -2.56. The first-order valence-corrected chi connectivity index (χ1v) is 6.15. The fourth-order valence-corrected chi connectivity index (χ4v) is 1.20. The van der Waals surface area contributed by atoms with Crippen LogP contribution in [0.15, 0.2) is 0 Å². The second-order valence-electron chi connectivity index (χ2n) is 4.40. The van der Waals surface area contributed by atoms with E-state index in [-0.39, 0.29) is 0 Å². The van der Waals surface area contributed by atoms with Crippen LogP contribution in [0.5, 0.6) is 0 Å². The molecule has 10 heteroatoms. The minimum Gasteiger partial charge on any atom is -0.480 e. The second kappa shape index (κ2) is 8.87. The molecule has 0 fully saturated rings. The Balaban J connectivity index is 4.40. The highest BCUT2D eigenvalue weighted by Gasteiger charge is 2.26. The fraction of sp³-hybridized carbons (Fsp3) is 0.636. The van der Waals surface area contributed by atoms with Crippen molar-refractivity contribution in [3.8, 4) is 0 Å². The predicted molar refractivity (Wildman–Crippen MR) is 70.9 cm³/mol. The summed E-state index contributed by atoms with van der Waals surface area (Å²) in [6, 6.07) is -2.13. The lowest BCUT2D eigenvalue weighted by Gasteiger charge is -2.21. The zero-order valence-corrected chi connectivity index (χ0v) is 11.8. The first kappa shape index (κ1) is 18.8. The normalized spacial score (nSPS) is 14.5. The number of carboxylic acids is 1. The number of hydrogen-bond donors (Lipinski definition) is 6. The van der Waals surface area contributed by atoms with E-state index in [0.29, 0.717) is 0 Å². The average molecular weight is 304 g/mol. The van der Waals surface area contributed by atoms with Crippen molar-refractivity contribution in [1.29, 1.82) is 0 Å². The van der Waals surface area contributed by atoms with Gasteiger partial charge in [-0.25, -0.2) is 0 Å². The Kier molecular flexibility index (Phi) is 7.94. The van der Waals surface area contributed by atoms with E-state index in [1.807, 2.05) is 5.32 Å². The van der Waals surface area contributed by atoms with E-state index in [1.165, 1.54) is 13.8 Å². The maximum atomic E-state index is 11.8. The molecule has 0 rings (SSSR count). The average Bonchev–Trinajstić information content (AvgIpc) is 2.38. The Labute approximate surface area is 121 Å². The highest BCUT2D eigenvalue weighted by atomic mass is 16.4. The van der Waals surface area contributed by atoms with Crippen LogP contribution in [0.4, 0.5) is 0 Å². The molecule has 0 radical (unpaired) electrons. The SMILES string of the molecule is CC(N)C(=O)NC(C(=O)NCC(=O)NCC(=O)O)C(C)O. The summed E-state index contributed by atoms with van der Waals surface area (Å²) < 4.78 is 0. The number of nitrogens with one attached hydrogen (secondary N) is 3. The first-order chi connectivity index (χ1) is 9.65. The van der Waals surface area contributed by atoms with Gasteiger partial charge in [0.25, 0.3) is 0 Å². The summed E-state index contributed by atoms with van der Waals surface area (Å²) in [6.45, 7) is 1.64. The Morgan fingerprint density at radius 3 is 2.05 bits per heavy atom. The summed E-state index contributed by atoms with van der Waals surface area (Å²) in [4.78, 5) is 44.6. The van der Waals surface area contributed by atoms with Crippen molar-refractivity contribution in [2.75, 3.05) is 13.1 Å². The molecule has 0 aromatic carbocycles. The number of aliphatic carboxylic acids is 1. The molecule has 21 heavy (non-hydrogen) atoms. The van der Waals surface area contributed by atoms with Crippen molar-refractivity contribution < 1.29 is 29.4 Å². The third-order valence-corrected chi connectivity index (χ3v) is 2.34. The third kappa shape index (κ3) is 7.84. The number of rotatable bonds is 8. The van der Waals surface area contributed by atoms with Crippen LogP contribution in [0.1, 0.15) is 13.8 Å². The van der Waals surface area contributed by atoms with E-state index in [9.17, 15) is 24.3 Å². The Morgan fingerprint density at radius 2 is 1.62 bits per heavy atom. The van der Waals surface area contributed by atoms with Crippen LogP contribution >= 0.6 is 0 Å². The van der Waals surface area contributed by atoms with Crippen LogP contribution < -0.4 is 21.7 Å². The van der Waals surface area contributed by atoms with Crippen LogP contribution in [0.25, 0.3) is 0 Å². The smallest absolute Gasteiger partial charge is 0.322 e. The molecule has 0 heterocycles. The molecule has 0 saturated heterocycles. The highest BCUT2D eigenvalue weighted by molar-refractivity contribution is 5.92. The molecule has 7 N–H and O–H groups in total. The number of carboxylic acid groups (broad SMARTS) is 1. The molecular weight excluding hydrogens is 284 g/mol. The van der Waals surface area contributed by atoms with Crippen molar-refractivity contribution in [3.05, 3.63) is 0 Å². The molecule has 0 aromatic rings. The van der Waals surface area contributed by atoms with Crippen LogP contribution in [0.3, 0.4) is 0 Å². The van der Waals surface area contributed by atoms with E-state index in [2.05, 4.69) is 10.6 Å². The van der Waals surface area contributed by atoms with Gasteiger partial charge < -0.3 is 31.9 Å². The number of amides is 3. The maximum Gasteiger partial charge on any atom is 0.322 e. The maximum absolute atomic E-state index is 11.8. The molecule has 120 valence electrons. The first-order valence-electron chi connectivity index (χ1n) is 6.15. The minimum absolute atomic E-state index is 0.483. The molecule has 0 spiro atoms. The van der Waals surface area contributed by atoms with E-state index in [4.69, 9.17) is 10.8 Å². The van der Waals surface area contributed by atoms with Gasteiger partial charge in [-0.3, -0.25) is 19.2 Å². The van der Waals surface area contributed by atoms with Crippen molar-refractivity contribution in [2.45, 2.75) is 32.0 Å². The van der Waals surface area contributed by atoms with Gasteiger partial charge in [0.2, 0.25) is 17.7 Å². The van der Waals surface area contributed by atoms with Gasteiger partial charge in [-0.05, 0) is 13.8 Å². The largest absolute Gasteiger partial charge is 0.480 e. The van der Waals surface area contributed by atoms with Crippen LogP contribution in [0.2, 0.25) is 0 Å². The highest BCUT2D eigenvalue weighted by Crippen LogP contribution is 1.94. The van der Waals surface area contributed by atoms with Crippen LogP contribution in [-0.4, -0.2) is 65.2 Å². The molecule has 0 saturated carbocycles. The lowest BCUT2D eigenvalue weighted by molar-refractivity contribution is -0.138. The molecule has 10 nitrogen and oxygen atoms in total. The van der Waals surface area contributed by atoms with Crippen molar-refractivity contribution >= 4 is 23.7 Å². The monoisotopic (exact) mass is 304 g/mol.